The molecule has 0 aliphatic heterocycles. The SMILES string of the molecule is C=CCCCOc1cc(Cl)ccc1C#N. The number of rotatable bonds is 5. The van der Waals surface area contributed by atoms with Crippen molar-refractivity contribution in [2.24, 2.45) is 0 Å². The summed E-state index contributed by atoms with van der Waals surface area (Å²) in [6.45, 7) is 4.19. The molecule has 0 fully saturated rings. The van der Waals surface area contributed by atoms with Crippen LogP contribution in [0.25, 0.3) is 0 Å². The smallest absolute Gasteiger partial charge is 0.138 e. The second-order valence-corrected chi connectivity index (χ2v) is 3.47. The van der Waals surface area contributed by atoms with Crippen molar-refractivity contribution in [1.82, 2.24) is 0 Å². The highest BCUT2D eigenvalue weighted by atomic mass is 35.5. The Morgan fingerprint density at radius 2 is 2.33 bits per heavy atom. The Labute approximate surface area is 94.7 Å². The van der Waals surface area contributed by atoms with Crippen LogP contribution in [-0.2, 0) is 0 Å². The maximum atomic E-state index is 8.82. The van der Waals surface area contributed by atoms with E-state index in [1.165, 1.54) is 0 Å². The van der Waals surface area contributed by atoms with Crippen LogP contribution < -0.4 is 4.74 Å². The van der Waals surface area contributed by atoms with Crippen molar-refractivity contribution in [2.45, 2.75) is 12.8 Å². The first-order valence-electron chi connectivity index (χ1n) is 4.71. The molecule has 0 radical (unpaired) electrons. The third-order valence-electron chi connectivity index (χ3n) is 1.87. The molecule has 0 amide bonds. The van der Waals surface area contributed by atoms with Crippen molar-refractivity contribution in [3.05, 3.63) is 41.4 Å². The number of nitrogens with zero attached hydrogens (tertiary/aromatic N) is 1. The molecule has 0 aliphatic rings. The van der Waals surface area contributed by atoms with E-state index in [1.54, 1.807) is 18.2 Å². The van der Waals surface area contributed by atoms with Gasteiger partial charge in [-0.25, -0.2) is 0 Å². The average Bonchev–Trinajstić information content (AvgIpc) is 2.25. The van der Waals surface area contributed by atoms with Gasteiger partial charge in [-0.3, -0.25) is 0 Å². The molecule has 0 spiro atoms. The molecule has 1 aromatic carbocycles. The highest BCUT2D eigenvalue weighted by Crippen LogP contribution is 2.22. The molecule has 78 valence electrons. The highest BCUT2D eigenvalue weighted by Gasteiger charge is 2.03. The Morgan fingerprint density at radius 1 is 1.53 bits per heavy atom. The van der Waals surface area contributed by atoms with E-state index in [2.05, 4.69) is 12.6 Å². The van der Waals surface area contributed by atoms with Crippen LogP contribution in [0.15, 0.2) is 30.9 Å². The quantitative estimate of drug-likeness (QED) is 0.563. The number of benzene rings is 1. The Kier molecular flexibility index (Phi) is 4.73. The lowest BCUT2D eigenvalue weighted by atomic mass is 10.2. The minimum atomic E-state index is 0.512. The van der Waals surface area contributed by atoms with Gasteiger partial charge >= 0.3 is 0 Å². The van der Waals surface area contributed by atoms with Crippen molar-refractivity contribution in [3.8, 4) is 11.8 Å². The second kappa shape index (κ2) is 6.10. The minimum Gasteiger partial charge on any atom is -0.492 e. The zero-order valence-electron chi connectivity index (χ0n) is 8.37. The van der Waals surface area contributed by atoms with E-state index in [0.29, 0.717) is 22.9 Å². The number of allylic oxidation sites excluding steroid dienone is 1. The van der Waals surface area contributed by atoms with Gasteiger partial charge in [-0.05, 0) is 25.0 Å². The Morgan fingerprint density at radius 3 is 3.00 bits per heavy atom. The van der Waals surface area contributed by atoms with E-state index in [0.717, 1.165) is 12.8 Å². The van der Waals surface area contributed by atoms with Crippen LogP contribution in [0.3, 0.4) is 0 Å². The van der Waals surface area contributed by atoms with Crippen LogP contribution in [0.4, 0.5) is 0 Å². The van der Waals surface area contributed by atoms with Gasteiger partial charge in [0.2, 0.25) is 0 Å². The molecular formula is C12H12ClNO. The van der Waals surface area contributed by atoms with Gasteiger partial charge in [0.1, 0.15) is 11.8 Å². The molecule has 2 nitrogen and oxygen atoms in total. The number of unbranched alkanes of at least 4 members (excludes halogenated alkanes) is 1. The molecular weight excluding hydrogens is 210 g/mol. The van der Waals surface area contributed by atoms with E-state index in [4.69, 9.17) is 21.6 Å². The fourth-order valence-electron chi connectivity index (χ4n) is 1.12. The van der Waals surface area contributed by atoms with Gasteiger partial charge in [0, 0.05) is 11.1 Å². The maximum absolute atomic E-state index is 8.82. The third kappa shape index (κ3) is 3.65. The highest BCUT2D eigenvalue weighted by molar-refractivity contribution is 6.30. The van der Waals surface area contributed by atoms with Crippen LogP contribution in [-0.4, -0.2) is 6.61 Å². The Bertz CT molecular complexity index is 382. The summed E-state index contributed by atoms with van der Waals surface area (Å²) in [6.07, 6.45) is 3.63. The van der Waals surface area contributed by atoms with Crippen molar-refractivity contribution < 1.29 is 4.74 Å². The van der Waals surface area contributed by atoms with Crippen LogP contribution >= 0.6 is 11.6 Å². The predicted molar refractivity (Wildman–Crippen MR) is 61.1 cm³/mol. The predicted octanol–water partition coefficient (Wildman–Crippen LogP) is 3.56. The van der Waals surface area contributed by atoms with Crippen LogP contribution in [0.1, 0.15) is 18.4 Å². The summed E-state index contributed by atoms with van der Waals surface area (Å²) in [5.41, 5.74) is 0.512. The van der Waals surface area contributed by atoms with Gasteiger partial charge in [-0.15, -0.1) is 6.58 Å². The fraction of sp³-hybridized carbons (Fsp3) is 0.250. The van der Waals surface area contributed by atoms with Gasteiger partial charge in [-0.2, -0.15) is 5.26 Å². The summed E-state index contributed by atoms with van der Waals surface area (Å²) in [5, 5.41) is 9.40. The average molecular weight is 222 g/mol. The summed E-state index contributed by atoms with van der Waals surface area (Å²) in [7, 11) is 0. The lowest BCUT2D eigenvalue weighted by molar-refractivity contribution is 0.311. The molecule has 0 heterocycles. The summed E-state index contributed by atoms with van der Waals surface area (Å²) >= 11 is 5.81. The first kappa shape index (κ1) is 11.6. The van der Waals surface area contributed by atoms with E-state index >= 15 is 0 Å². The zero-order chi connectivity index (χ0) is 11.1. The molecule has 1 aromatic rings. The van der Waals surface area contributed by atoms with E-state index in [-0.39, 0.29) is 0 Å². The Balaban J connectivity index is 2.63. The second-order valence-electron chi connectivity index (χ2n) is 3.03. The number of hydrogen-bond acceptors (Lipinski definition) is 2. The first-order valence-corrected chi connectivity index (χ1v) is 5.09. The number of halogens is 1. The monoisotopic (exact) mass is 221 g/mol. The molecule has 0 saturated heterocycles. The van der Waals surface area contributed by atoms with Gasteiger partial charge in [0.25, 0.3) is 0 Å². The number of nitriles is 1. The molecule has 1 rings (SSSR count). The number of ether oxygens (including phenoxy) is 1. The van der Waals surface area contributed by atoms with Gasteiger partial charge in [-0.1, -0.05) is 17.7 Å². The topological polar surface area (TPSA) is 33.0 Å². The van der Waals surface area contributed by atoms with Crippen molar-refractivity contribution in [1.29, 1.82) is 5.26 Å². The molecule has 0 aromatic heterocycles. The summed E-state index contributed by atoms with van der Waals surface area (Å²) in [4.78, 5) is 0. The molecule has 3 heteroatoms. The van der Waals surface area contributed by atoms with Crippen LogP contribution in [0, 0.1) is 11.3 Å². The fourth-order valence-corrected chi connectivity index (χ4v) is 1.28. The van der Waals surface area contributed by atoms with E-state index < -0.39 is 0 Å². The zero-order valence-corrected chi connectivity index (χ0v) is 9.13. The normalized spacial score (nSPS) is 9.33. The molecule has 0 unspecified atom stereocenters. The minimum absolute atomic E-state index is 0.512. The first-order chi connectivity index (χ1) is 7.27. The third-order valence-corrected chi connectivity index (χ3v) is 2.11. The molecule has 0 atom stereocenters. The molecule has 0 aliphatic carbocycles. The van der Waals surface area contributed by atoms with Crippen molar-refractivity contribution >= 4 is 11.6 Å². The molecule has 0 N–H and O–H groups in total. The largest absolute Gasteiger partial charge is 0.492 e. The summed E-state index contributed by atoms with van der Waals surface area (Å²) < 4.78 is 5.46. The Hall–Kier alpha value is -1.46. The molecule has 15 heavy (non-hydrogen) atoms. The van der Waals surface area contributed by atoms with E-state index in [9.17, 15) is 0 Å². The molecule has 0 bridgehead atoms. The summed E-state index contributed by atoms with van der Waals surface area (Å²) in [5.74, 6) is 0.550. The molecule has 0 saturated carbocycles. The lowest BCUT2D eigenvalue weighted by Crippen LogP contribution is -1.98. The maximum Gasteiger partial charge on any atom is 0.138 e. The van der Waals surface area contributed by atoms with E-state index in [1.807, 2.05) is 6.08 Å². The number of hydrogen-bond donors (Lipinski definition) is 0. The van der Waals surface area contributed by atoms with Gasteiger partial charge in [0.05, 0.1) is 12.2 Å². The standard InChI is InChI=1S/C12H12ClNO/c1-2-3-4-7-15-12-8-11(13)6-5-10(12)9-14/h2,5-6,8H,1,3-4,7H2. The van der Waals surface area contributed by atoms with Gasteiger partial charge < -0.3 is 4.74 Å². The summed E-state index contributed by atoms with van der Waals surface area (Å²) in [6, 6.07) is 7.06. The lowest BCUT2D eigenvalue weighted by Gasteiger charge is -2.07. The van der Waals surface area contributed by atoms with Crippen molar-refractivity contribution in [2.75, 3.05) is 6.61 Å². The van der Waals surface area contributed by atoms with Gasteiger partial charge in [0.15, 0.2) is 0 Å². The van der Waals surface area contributed by atoms with Crippen LogP contribution in [0.5, 0.6) is 5.75 Å². The van der Waals surface area contributed by atoms with Crippen molar-refractivity contribution in [3.63, 3.8) is 0 Å². The van der Waals surface area contributed by atoms with Crippen LogP contribution in [0.2, 0.25) is 5.02 Å².